The predicted octanol–water partition coefficient (Wildman–Crippen LogP) is 0.727. The van der Waals surface area contributed by atoms with Crippen molar-refractivity contribution < 1.29 is 4.43 Å². The third kappa shape index (κ3) is 8.20. The van der Waals surface area contributed by atoms with E-state index < -0.39 is 8.32 Å². The Hall–Kier alpha value is 0.0969. The van der Waals surface area contributed by atoms with Gasteiger partial charge in [-0.1, -0.05) is 0 Å². The van der Waals surface area contributed by atoms with Gasteiger partial charge in [0.05, 0.1) is 6.61 Å². The van der Waals surface area contributed by atoms with E-state index in [4.69, 9.17) is 10.2 Å². The quantitative estimate of drug-likeness (QED) is 0.650. The summed E-state index contributed by atoms with van der Waals surface area (Å²) in [6, 6.07) is 0.145. The van der Waals surface area contributed by atoms with E-state index in [0.717, 1.165) is 6.54 Å². The van der Waals surface area contributed by atoms with Crippen LogP contribution in [-0.2, 0) is 4.43 Å². The van der Waals surface area contributed by atoms with Crippen LogP contribution in [0.5, 0.6) is 0 Å². The number of rotatable bonds is 5. The third-order valence-electron chi connectivity index (χ3n) is 1.33. The van der Waals surface area contributed by atoms with E-state index in [2.05, 4.69) is 24.5 Å². The van der Waals surface area contributed by atoms with Crippen LogP contribution < -0.4 is 5.73 Å². The van der Waals surface area contributed by atoms with E-state index in [9.17, 15) is 0 Å². The highest BCUT2D eigenvalue weighted by Crippen LogP contribution is 2.02. The molecule has 4 heteroatoms. The fourth-order valence-corrected chi connectivity index (χ4v) is 1.59. The summed E-state index contributed by atoms with van der Waals surface area (Å²) < 4.78 is 5.68. The van der Waals surface area contributed by atoms with Gasteiger partial charge in [-0.05, 0) is 33.7 Å². The van der Waals surface area contributed by atoms with Gasteiger partial charge in [0.1, 0.15) is 0 Å². The standard InChI is InChI=1S/C8H22N2OSi/c1-10(2)6-8(9)7-11-12(3,4)5/h8H,6-7,9H2,1-5H3/t8-/m1/s1. The molecule has 0 heterocycles. The van der Waals surface area contributed by atoms with Crippen molar-refractivity contribution in [1.82, 2.24) is 4.90 Å². The largest absolute Gasteiger partial charge is 0.416 e. The SMILES string of the molecule is CN(C)C[C@@H](N)CO[Si](C)(C)C. The Kier molecular flexibility index (Phi) is 5.00. The summed E-state index contributed by atoms with van der Waals surface area (Å²) in [5.41, 5.74) is 5.84. The number of nitrogens with zero attached hydrogens (tertiary/aromatic N) is 1. The number of hydrogen-bond acceptors (Lipinski definition) is 3. The van der Waals surface area contributed by atoms with Gasteiger partial charge >= 0.3 is 0 Å². The summed E-state index contributed by atoms with van der Waals surface area (Å²) in [6.07, 6.45) is 0. The van der Waals surface area contributed by atoms with Crippen LogP contribution in [0.4, 0.5) is 0 Å². The van der Waals surface area contributed by atoms with Gasteiger partial charge in [-0.15, -0.1) is 0 Å². The van der Waals surface area contributed by atoms with Gasteiger partial charge in [0, 0.05) is 12.6 Å². The number of likely N-dealkylation sites (N-methyl/N-ethyl adjacent to an activating group) is 1. The van der Waals surface area contributed by atoms with Crippen molar-refractivity contribution in [3.05, 3.63) is 0 Å². The van der Waals surface area contributed by atoms with E-state index in [1.165, 1.54) is 0 Å². The first-order chi connectivity index (χ1) is 5.31. The molecule has 1 atom stereocenters. The molecule has 3 nitrogen and oxygen atoms in total. The monoisotopic (exact) mass is 190 g/mol. The topological polar surface area (TPSA) is 38.5 Å². The Labute approximate surface area is 77.0 Å². The minimum Gasteiger partial charge on any atom is -0.416 e. The van der Waals surface area contributed by atoms with Crippen LogP contribution in [-0.4, -0.2) is 46.5 Å². The Bertz CT molecular complexity index is 123. The van der Waals surface area contributed by atoms with Crippen molar-refractivity contribution in [2.45, 2.75) is 25.7 Å². The van der Waals surface area contributed by atoms with Gasteiger partial charge < -0.3 is 15.1 Å². The Morgan fingerprint density at radius 3 is 2.17 bits per heavy atom. The minimum atomic E-state index is -1.37. The smallest absolute Gasteiger partial charge is 0.183 e. The molecule has 74 valence electrons. The summed E-state index contributed by atoms with van der Waals surface area (Å²) in [5.74, 6) is 0. The average Bonchev–Trinajstić information content (AvgIpc) is 1.80. The zero-order chi connectivity index (χ0) is 9.78. The highest BCUT2D eigenvalue weighted by atomic mass is 28.4. The van der Waals surface area contributed by atoms with Gasteiger partial charge in [-0.3, -0.25) is 0 Å². The Morgan fingerprint density at radius 2 is 1.83 bits per heavy atom. The highest BCUT2D eigenvalue weighted by molar-refractivity contribution is 6.69. The van der Waals surface area contributed by atoms with Gasteiger partial charge in [-0.25, -0.2) is 0 Å². The molecule has 0 spiro atoms. The molecule has 0 saturated carbocycles. The van der Waals surface area contributed by atoms with E-state index >= 15 is 0 Å². The molecule has 0 fully saturated rings. The molecule has 0 aromatic carbocycles. The van der Waals surface area contributed by atoms with Crippen molar-refractivity contribution in [1.29, 1.82) is 0 Å². The second-order valence-electron chi connectivity index (χ2n) is 4.45. The van der Waals surface area contributed by atoms with E-state index in [-0.39, 0.29) is 6.04 Å². The van der Waals surface area contributed by atoms with Gasteiger partial charge in [-0.2, -0.15) is 0 Å². The molecule has 0 aromatic heterocycles. The average molecular weight is 190 g/mol. The summed E-state index contributed by atoms with van der Waals surface area (Å²) in [5, 5.41) is 0. The van der Waals surface area contributed by atoms with Crippen LogP contribution in [0.3, 0.4) is 0 Å². The van der Waals surface area contributed by atoms with Crippen LogP contribution in [0.2, 0.25) is 19.6 Å². The first-order valence-electron chi connectivity index (χ1n) is 4.35. The van der Waals surface area contributed by atoms with Crippen LogP contribution in [0.15, 0.2) is 0 Å². The molecule has 2 N–H and O–H groups in total. The highest BCUT2D eigenvalue weighted by Gasteiger charge is 2.15. The fourth-order valence-electron chi connectivity index (χ4n) is 0.879. The number of hydrogen-bond donors (Lipinski definition) is 1. The molecule has 0 aromatic rings. The van der Waals surface area contributed by atoms with Crippen LogP contribution in [0, 0.1) is 0 Å². The fraction of sp³-hybridized carbons (Fsp3) is 1.00. The van der Waals surface area contributed by atoms with Crippen molar-refractivity contribution in [2.24, 2.45) is 5.73 Å². The molecule has 0 rings (SSSR count). The Balaban J connectivity index is 3.51. The van der Waals surface area contributed by atoms with E-state index in [1.807, 2.05) is 14.1 Å². The summed E-state index contributed by atoms with van der Waals surface area (Å²) in [7, 11) is 2.67. The van der Waals surface area contributed by atoms with Gasteiger partial charge in [0.15, 0.2) is 8.32 Å². The Morgan fingerprint density at radius 1 is 1.33 bits per heavy atom. The lowest BCUT2D eigenvalue weighted by Gasteiger charge is -2.22. The molecule has 0 aliphatic heterocycles. The lowest BCUT2D eigenvalue weighted by atomic mass is 10.3. The zero-order valence-corrected chi connectivity index (χ0v) is 9.92. The first-order valence-corrected chi connectivity index (χ1v) is 7.76. The maximum atomic E-state index is 5.84. The molecule has 0 amide bonds. The van der Waals surface area contributed by atoms with Crippen molar-refractivity contribution >= 4 is 8.32 Å². The molecular formula is C8H22N2OSi. The first kappa shape index (κ1) is 12.1. The molecule has 0 unspecified atom stereocenters. The van der Waals surface area contributed by atoms with Gasteiger partial charge in [0.2, 0.25) is 0 Å². The normalized spacial score (nSPS) is 15.2. The lowest BCUT2D eigenvalue weighted by Crippen LogP contribution is -2.40. The second-order valence-corrected chi connectivity index (χ2v) is 8.96. The second kappa shape index (κ2) is 4.96. The van der Waals surface area contributed by atoms with Crippen LogP contribution >= 0.6 is 0 Å². The predicted molar refractivity (Wildman–Crippen MR) is 55.8 cm³/mol. The summed E-state index contributed by atoms with van der Waals surface area (Å²) in [6.45, 7) is 8.11. The lowest BCUT2D eigenvalue weighted by molar-refractivity contribution is 0.249. The minimum absolute atomic E-state index is 0.145. The van der Waals surface area contributed by atoms with Crippen molar-refractivity contribution in [3.63, 3.8) is 0 Å². The number of nitrogens with two attached hydrogens (primary N) is 1. The maximum Gasteiger partial charge on any atom is 0.183 e. The molecule has 0 aliphatic carbocycles. The molecule has 12 heavy (non-hydrogen) atoms. The zero-order valence-electron chi connectivity index (χ0n) is 8.92. The van der Waals surface area contributed by atoms with Crippen LogP contribution in [0.1, 0.15) is 0 Å². The van der Waals surface area contributed by atoms with Crippen LogP contribution in [0.25, 0.3) is 0 Å². The van der Waals surface area contributed by atoms with Crippen molar-refractivity contribution in [3.8, 4) is 0 Å². The molecule has 0 radical (unpaired) electrons. The molecule has 0 bridgehead atoms. The van der Waals surface area contributed by atoms with Crippen molar-refractivity contribution in [2.75, 3.05) is 27.2 Å². The molecule has 0 saturated heterocycles. The van der Waals surface area contributed by atoms with Gasteiger partial charge in [0.25, 0.3) is 0 Å². The van der Waals surface area contributed by atoms with E-state index in [0.29, 0.717) is 6.61 Å². The third-order valence-corrected chi connectivity index (χ3v) is 2.36. The summed E-state index contributed by atoms with van der Waals surface area (Å²) >= 11 is 0. The summed E-state index contributed by atoms with van der Waals surface area (Å²) in [4.78, 5) is 2.08. The molecule has 0 aliphatic rings. The van der Waals surface area contributed by atoms with E-state index in [1.54, 1.807) is 0 Å². The molecular weight excluding hydrogens is 168 g/mol. The maximum absolute atomic E-state index is 5.84.